The molecule has 1 aromatic rings. The van der Waals surface area contributed by atoms with E-state index in [0.29, 0.717) is 13.0 Å². The number of rotatable bonds is 7. The third-order valence-electron chi connectivity index (χ3n) is 4.05. The van der Waals surface area contributed by atoms with Crippen LogP contribution in [0.5, 0.6) is 0 Å². The molecule has 1 aliphatic heterocycles. The van der Waals surface area contributed by atoms with Gasteiger partial charge in [-0.1, -0.05) is 30.3 Å². The van der Waals surface area contributed by atoms with E-state index in [-0.39, 0.29) is 11.6 Å². The molecule has 2 rings (SSSR count). The second kappa shape index (κ2) is 8.18. The second-order valence-electron chi connectivity index (χ2n) is 6.13. The van der Waals surface area contributed by atoms with Gasteiger partial charge in [-0.15, -0.1) is 0 Å². The van der Waals surface area contributed by atoms with E-state index in [1.165, 1.54) is 5.56 Å². The Morgan fingerprint density at radius 2 is 2.00 bits per heavy atom. The first kappa shape index (κ1) is 16.0. The zero-order valence-corrected chi connectivity index (χ0v) is 13.0. The smallest absolute Gasteiger partial charge is 0.306 e. The summed E-state index contributed by atoms with van der Waals surface area (Å²) in [6.45, 7) is 3.51. The number of cyclic esters (lactones) is 1. The van der Waals surface area contributed by atoms with Gasteiger partial charge in [0.1, 0.15) is 5.60 Å². The molecule has 1 heterocycles. The van der Waals surface area contributed by atoms with Crippen LogP contribution in [0.4, 0.5) is 0 Å². The number of carbonyl (C=O) groups excluding carboxylic acids is 1. The van der Waals surface area contributed by atoms with Crippen LogP contribution in [-0.4, -0.2) is 18.2 Å². The molecule has 116 valence electrons. The van der Waals surface area contributed by atoms with E-state index in [9.17, 15) is 4.79 Å². The van der Waals surface area contributed by atoms with Gasteiger partial charge < -0.3 is 9.47 Å². The third kappa shape index (κ3) is 5.88. The summed E-state index contributed by atoms with van der Waals surface area (Å²) in [5.41, 5.74) is 0.953. The molecule has 1 atom stereocenters. The summed E-state index contributed by atoms with van der Waals surface area (Å²) < 4.78 is 11.3. The van der Waals surface area contributed by atoms with Crippen LogP contribution in [0, 0.1) is 0 Å². The largest absolute Gasteiger partial charge is 0.459 e. The molecule has 1 aliphatic rings. The molecule has 0 aliphatic carbocycles. The Labute approximate surface area is 127 Å². The number of esters is 1. The monoisotopic (exact) mass is 290 g/mol. The van der Waals surface area contributed by atoms with Crippen molar-refractivity contribution in [3.8, 4) is 0 Å². The van der Waals surface area contributed by atoms with Crippen LogP contribution in [0.3, 0.4) is 0 Å². The first-order valence-electron chi connectivity index (χ1n) is 8.01. The molecule has 0 bridgehead atoms. The Balaban J connectivity index is 1.59. The van der Waals surface area contributed by atoms with Gasteiger partial charge in [0, 0.05) is 13.0 Å². The maximum absolute atomic E-state index is 11.5. The zero-order chi connectivity index (χ0) is 15.0. The van der Waals surface area contributed by atoms with E-state index in [1.807, 2.05) is 18.2 Å². The first-order valence-corrected chi connectivity index (χ1v) is 8.01. The number of hydrogen-bond donors (Lipinski definition) is 0. The molecule has 1 saturated heterocycles. The Morgan fingerprint density at radius 1 is 1.19 bits per heavy atom. The van der Waals surface area contributed by atoms with Crippen LogP contribution in [0.25, 0.3) is 0 Å². The highest BCUT2D eigenvalue weighted by Crippen LogP contribution is 2.29. The molecule has 0 saturated carbocycles. The lowest BCUT2D eigenvalue weighted by molar-refractivity contribution is -0.157. The van der Waals surface area contributed by atoms with Gasteiger partial charge in [0.05, 0.1) is 6.61 Å². The molecule has 1 fully saturated rings. The van der Waals surface area contributed by atoms with Crippen molar-refractivity contribution in [2.75, 3.05) is 6.61 Å². The highest BCUT2D eigenvalue weighted by atomic mass is 16.6. The molecule has 1 aromatic carbocycles. The van der Waals surface area contributed by atoms with Crippen molar-refractivity contribution in [3.05, 3.63) is 35.9 Å². The maximum Gasteiger partial charge on any atom is 0.306 e. The summed E-state index contributed by atoms with van der Waals surface area (Å²) in [5.74, 6) is -0.0321. The average molecular weight is 290 g/mol. The van der Waals surface area contributed by atoms with Crippen molar-refractivity contribution in [2.45, 2.75) is 64.1 Å². The lowest BCUT2D eigenvalue weighted by Crippen LogP contribution is -2.30. The van der Waals surface area contributed by atoms with E-state index in [2.05, 4.69) is 19.1 Å². The van der Waals surface area contributed by atoms with Gasteiger partial charge >= 0.3 is 5.97 Å². The Hall–Kier alpha value is -1.35. The van der Waals surface area contributed by atoms with Gasteiger partial charge in [-0.2, -0.15) is 0 Å². The fraction of sp³-hybridized carbons (Fsp3) is 0.611. The van der Waals surface area contributed by atoms with E-state index >= 15 is 0 Å². The number of benzene rings is 1. The highest BCUT2D eigenvalue weighted by molar-refractivity contribution is 5.70. The SMILES string of the molecule is CC1(CCCCOCc2ccccc2)CCCCC(=O)O1. The lowest BCUT2D eigenvalue weighted by Gasteiger charge is -2.27. The van der Waals surface area contributed by atoms with Crippen molar-refractivity contribution >= 4 is 5.97 Å². The maximum atomic E-state index is 11.5. The number of hydrogen-bond acceptors (Lipinski definition) is 3. The molecule has 0 amide bonds. The van der Waals surface area contributed by atoms with Crippen LogP contribution in [0.15, 0.2) is 30.3 Å². The summed E-state index contributed by atoms with van der Waals surface area (Å²) in [6.07, 6.45) is 6.62. The lowest BCUT2D eigenvalue weighted by atomic mass is 9.93. The Bertz CT molecular complexity index is 429. The van der Waals surface area contributed by atoms with Crippen LogP contribution in [0.2, 0.25) is 0 Å². The van der Waals surface area contributed by atoms with Crippen molar-refractivity contribution < 1.29 is 14.3 Å². The van der Waals surface area contributed by atoms with Gasteiger partial charge in [0.2, 0.25) is 0 Å². The predicted molar refractivity (Wildman–Crippen MR) is 82.9 cm³/mol. The summed E-state index contributed by atoms with van der Waals surface area (Å²) in [6, 6.07) is 10.2. The zero-order valence-electron chi connectivity index (χ0n) is 13.0. The molecule has 0 aromatic heterocycles. The van der Waals surface area contributed by atoms with E-state index in [1.54, 1.807) is 0 Å². The van der Waals surface area contributed by atoms with Crippen molar-refractivity contribution in [3.63, 3.8) is 0 Å². The normalized spacial score (nSPS) is 22.6. The molecule has 0 radical (unpaired) electrons. The van der Waals surface area contributed by atoms with Gasteiger partial charge in [-0.05, 0) is 51.0 Å². The minimum Gasteiger partial charge on any atom is -0.459 e. The quantitative estimate of drug-likeness (QED) is 0.556. The van der Waals surface area contributed by atoms with Crippen LogP contribution in [0.1, 0.15) is 57.4 Å². The van der Waals surface area contributed by atoms with E-state index in [4.69, 9.17) is 9.47 Å². The molecule has 1 unspecified atom stereocenters. The van der Waals surface area contributed by atoms with E-state index < -0.39 is 0 Å². The predicted octanol–water partition coefficient (Wildman–Crippen LogP) is 4.25. The fourth-order valence-electron chi connectivity index (χ4n) is 2.79. The number of carbonyl (C=O) groups is 1. The van der Waals surface area contributed by atoms with Crippen LogP contribution >= 0.6 is 0 Å². The van der Waals surface area contributed by atoms with Gasteiger partial charge in [-0.3, -0.25) is 4.79 Å². The molecule has 3 heteroatoms. The van der Waals surface area contributed by atoms with E-state index in [0.717, 1.165) is 45.1 Å². The number of unbranched alkanes of at least 4 members (excludes halogenated alkanes) is 1. The fourth-order valence-corrected chi connectivity index (χ4v) is 2.79. The van der Waals surface area contributed by atoms with Crippen molar-refractivity contribution in [1.29, 1.82) is 0 Å². The topological polar surface area (TPSA) is 35.5 Å². The Kier molecular flexibility index (Phi) is 6.24. The van der Waals surface area contributed by atoms with Gasteiger partial charge in [-0.25, -0.2) is 0 Å². The Morgan fingerprint density at radius 3 is 2.81 bits per heavy atom. The first-order chi connectivity index (χ1) is 10.2. The average Bonchev–Trinajstić information content (AvgIpc) is 2.65. The van der Waals surface area contributed by atoms with Crippen molar-refractivity contribution in [2.24, 2.45) is 0 Å². The highest BCUT2D eigenvalue weighted by Gasteiger charge is 2.30. The molecule has 0 spiro atoms. The standard InChI is InChI=1S/C18H26O3/c1-18(12-6-5-11-17(19)21-18)13-7-8-14-20-15-16-9-3-2-4-10-16/h2-4,9-10H,5-8,11-15H2,1H3. The molecule has 0 N–H and O–H groups in total. The van der Waals surface area contributed by atoms with Crippen LogP contribution < -0.4 is 0 Å². The molecular weight excluding hydrogens is 264 g/mol. The van der Waals surface area contributed by atoms with Crippen LogP contribution in [-0.2, 0) is 20.9 Å². The van der Waals surface area contributed by atoms with Crippen molar-refractivity contribution in [1.82, 2.24) is 0 Å². The minimum absolute atomic E-state index is 0.0321. The summed E-state index contributed by atoms with van der Waals surface area (Å²) in [5, 5.41) is 0. The summed E-state index contributed by atoms with van der Waals surface area (Å²) >= 11 is 0. The third-order valence-corrected chi connectivity index (χ3v) is 4.05. The molecular formula is C18H26O3. The molecule has 3 nitrogen and oxygen atoms in total. The second-order valence-corrected chi connectivity index (χ2v) is 6.13. The number of ether oxygens (including phenoxy) is 2. The summed E-state index contributed by atoms with van der Waals surface area (Å²) in [4.78, 5) is 11.5. The summed E-state index contributed by atoms with van der Waals surface area (Å²) in [7, 11) is 0. The van der Waals surface area contributed by atoms with Gasteiger partial charge in [0.15, 0.2) is 0 Å². The minimum atomic E-state index is -0.257. The molecule has 21 heavy (non-hydrogen) atoms. The van der Waals surface area contributed by atoms with Gasteiger partial charge in [0.25, 0.3) is 0 Å².